The van der Waals surface area contributed by atoms with Crippen molar-refractivity contribution in [3.05, 3.63) is 99.6 Å². The number of carbonyl (C=O) groups is 1. The van der Waals surface area contributed by atoms with Crippen molar-refractivity contribution in [2.45, 2.75) is 20.5 Å². The van der Waals surface area contributed by atoms with E-state index in [-0.39, 0.29) is 12.3 Å². The van der Waals surface area contributed by atoms with Crippen LogP contribution in [-0.2, 0) is 6.61 Å². The number of aryl methyl sites for hydroxylation is 2. The third-order valence-electron chi connectivity index (χ3n) is 4.86. The molecular weight excluding hydrogens is 475 g/mol. The molecule has 0 aliphatic rings. The normalized spacial score (nSPS) is 10.8. The Balaban J connectivity index is 1.44. The Hall–Kier alpha value is -3.45. The van der Waals surface area contributed by atoms with Crippen LogP contribution in [0.25, 0.3) is 11.5 Å². The first-order valence-electron chi connectivity index (χ1n) is 9.91. The average Bonchev–Trinajstić information content (AvgIpc) is 3.16. The number of oxazole rings is 1. The first-order chi connectivity index (χ1) is 15.4. The van der Waals surface area contributed by atoms with Crippen LogP contribution in [0, 0.1) is 19.7 Å². The van der Waals surface area contributed by atoms with Crippen molar-refractivity contribution in [2.75, 3.05) is 5.32 Å². The molecule has 4 rings (SSSR count). The van der Waals surface area contributed by atoms with Crippen LogP contribution in [0.4, 0.5) is 10.1 Å². The number of ether oxygens (including phenoxy) is 1. The summed E-state index contributed by atoms with van der Waals surface area (Å²) in [5.74, 6) is 0.946. The zero-order chi connectivity index (χ0) is 22.7. The molecule has 0 aliphatic heterocycles. The highest BCUT2D eigenvalue weighted by atomic mass is 79.9. The second-order valence-corrected chi connectivity index (χ2v) is 8.19. The molecule has 1 amide bonds. The Bertz CT molecular complexity index is 1250. The van der Waals surface area contributed by atoms with Crippen LogP contribution in [0.15, 0.2) is 75.6 Å². The van der Waals surface area contributed by atoms with Crippen molar-refractivity contribution in [2.24, 2.45) is 0 Å². The number of carbonyl (C=O) groups excluding carboxylic acids is 1. The first kappa shape index (κ1) is 21.8. The van der Waals surface area contributed by atoms with Gasteiger partial charge < -0.3 is 14.5 Å². The minimum Gasteiger partial charge on any atom is -0.487 e. The quantitative estimate of drug-likeness (QED) is 0.324. The van der Waals surface area contributed by atoms with E-state index in [2.05, 4.69) is 26.2 Å². The lowest BCUT2D eigenvalue weighted by molar-refractivity contribution is 0.102. The number of aromatic nitrogens is 1. The molecule has 0 saturated heterocycles. The molecule has 0 bridgehead atoms. The molecule has 4 aromatic rings. The number of anilines is 1. The predicted molar refractivity (Wildman–Crippen MR) is 124 cm³/mol. The number of hydrogen-bond donors (Lipinski definition) is 1. The van der Waals surface area contributed by atoms with Crippen LogP contribution in [0.3, 0.4) is 0 Å². The Kier molecular flexibility index (Phi) is 6.37. The average molecular weight is 495 g/mol. The second-order valence-electron chi connectivity index (χ2n) is 7.28. The summed E-state index contributed by atoms with van der Waals surface area (Å²) < 4.78 is 26.1. The molecule has 1 N–H and O–H groups in total. The number of benzene rings is 3. The summed E-state index contributed by atoms with van der Waals surface area (Å²) in [5, 5.41) is 2.57. The molecule has 0 fully saturated rings. The smallest absolute Gasteiger partial charge is 0.255 e. The number of amides is 1. The molecule has 0 aliphatic carbocycles. The van der Waals surface area contributed by atoms with Crippen molar-refractivity contribution in [3.8, 4) is 17.2 Å². The van der Waals surface area contributed by atoms with Crippen molar-refractivity contribution < 1.29 is 18.3 Å². The van der Waals surface area contributed by atoms with Crippen LogP contribution in [-0.4, -0.2) is 10.9 Å². The SMILES string of the molecule is Cc1ccc(OCc2nc(-c3ccc(C(=O)Nc4ccc(Br)cc4F)cc3)oc2C)cc1. The molecule has 0 atom stereocenters. The topological polar surface area (TPSA) is 64.4 Å². The van der Waals surface area contributed by atoms with Gasteiger partial charge in [-0.3, -0.25) is 4.79 Å². The maximum Gasteiger partial charge on any atom is 0.255 e. The molecule has 0 spiro atoms. The lowest BCUT2D eigenvalue weighted by atomic mass is 10.1. The minimum atomic E-state index is -0.514. The van der Waals surface area contributed by atoms with E-state index in [9.17, 15) is 9.18 Å². The number of nitrogens with one attached hydrogen (secondary N) is 1. The third kappa shape index (κ3) is 5.06. The summed E-state index contributed by atoms with van der Waals surface area (Å²) in [6.07, 6.45) is 0. The van der Waals surface area contributed by atoms with Crippen LogP contribution in [0.1, 0.15) is 27.4 Å². The van der Waals surface area contributed by atoms with Crippen LogP contribution in [0.2, 0.25) is 0 Å². The van der Waals surface area contributed by atoms with Gasteiger partial charge in [0.05, 0.1) is 5.69 Å². The summed E-state index contributed by atoms with van der Waals surface area (Å²) in [7, 11) is 0. The van der Waals surface area contributed by atoms with Gasteiger partial charge in [0.25, 0.3) is 5.91 Å². The molecule has 1 aromatic heterocycles. The zero-order valence-corrected chi connectivity index (χ0v) is 19.1. The number of rotatable bonds is 6. The Morgan fingerprint density at radius 3 is 2.47 bits per heavy atom. The van der Waals surface area contributed by atoms with Gasteiger partial charge in [0.15, 0.2) is 0 Å². The molecule has 32 heavy (non-hydrogen) atoms. The predicted octanol–water partition coefficient (Wildman–Crippen LogP) is 6.69. The lowest BCUT2D eigenvalue weighted by Gasteiger charge is -2.07. The standard InChI is InChI=1S/C25H20BrFN2O3/c1-15-3-10-20(11-4-15)31-14-23-16(2)32-25(29-23)18-7-5-17(6-8-18)24(30)28-22-12-9-19(26)13-21(22)27/h3-13H,14H2,1-2H3,(H,28,30). The van der Waals surface area contributed by atoms with Gasteiger partial charge in [-0.15, -0.1) is 0 Å². The number of nitrogens with zero attached hydrogens (tertiary/aromatic N) is 1. The van der Waals surface area contributed by atoms with E-state index >= 15 is 0 Å². The maximum absolute atomic E-state index is 14.0. The molecule has 0 unspecified atom stereocenters. The Morgan fingerprint density at radius 2 is 1.78 bits per heavy atom. The monoisotopic (exact) mass is 494 g/mol. The Labute approximate surface area is 193 Å². The summed E-state index contributed by atoms with van der Waals surface area (Å²) in [6, 6.07) is 19.0. The summed E-state index contributed by atoms with van der Waals surface area (Å²) in [6.45, 7) is 4.14. The summed E-state index contributed by atoms with van der Waals surface area (Å²) >= 11 is 3.19. The van der Waals surface area contributed by atoms with E-state index in [0.29, 0.717) is 27.4 Å². The van der Waals surface area contributed by atoms with Crippen molar-refractivity contribution >= 4 is 27.5 Å². The van der Waals surface area contributed by atoms with Crippen LogP contribution >= 0.6 is 15.9 Å². The maximum atomic E-state index is 14.0. The zero-order valence-electron chi connectivity index (χ0n) is 17.5. The first-order valence-corrected chi connectivity index (χ1v) is 10.7. The fourth-order valence-electron chi connectivity index (χ4n) is 3.02. The molecule has 3 aromatic carbocycles. The molecule has 1 heterocycles. The highest BCUT2D eigenvalue weighted by Crippen LogP contribution is 2.24. The molecule has 0 radical (unpaired) electrons. The van der Waals surface area contributed by atoms with Crippen molar-refractivity contribution in [3.63, 3.8) is 0 Å². The van der Waals surface area contributed by atoms with E-state index < -0.39 is 11.7 Å². The largest absolute Gasteiger partial charge is 0.487 e. The van der Waals surface area contributed by atoms with Gasteiger partial charge in [0.1, 0.15) is 29.6 Å². The van der Waals surface area contributed by atoms with Gasteiger partial charge in [-0.2, -0.15) is 0 Å². The Morgan fingerprint density at radius 1 is 1.06 bits per heavy atom. The van der Waals surface area contributed by atoms with Gasteiger partial charge in [-0.25, -0.2) is 9.37 Å². The van der Waals surface area contributed by atoms with E-state index in [1.165, 1.54) is 12.1 Å². The van der Waals surface area contributed by atoms with Crippen molar-refractivity contribution in [1.29, 1.82) is 0 Å². The molecule has 0 saturated carbocycles. The van der Waals surface area contributed by atoms with E-state index in [1.54, 1.807) is 30.3 Å². The fourth-order valence-corrected chi connectivity index (χ4v) is 3.35. The van der Waals surface area contributed by atoms with Gasteiger partial charge in [0, 0.05) is 15.6 Å². The van der Waals surface area contributed by atoms with E-state index in [1.807, 2.05) is 38.1 Å². The van der Waals surface area contributed by atoms with Gasteiger partial charge in [0.2, 0.25) is 5.89 Å². The highest BCUT2D eigenvalue weighted by Gasteiger charge is 2.14. The molecule has 7 heteroatoms. The van der Waals surface area contributed by atoms with Gasteiger partial charge in [-0.05, 0) is 68.4 Å². The highest BCUT2D eigenvalue weighted by molar-refractivity contribution is 9.10. The van der Waals surface area contributed by atoms with E-state index in [0.717, 1.165) is 16.9 Å². The fraction of sp³-hybridized carbons (Fsp3) is 0.120. The summed E-state index contributed by atoms with van der Waals surface area (Å²) in [5.41, 5.74) is 3.09. The van der Waals surface area contributed by atoms with Gasteiger partial charge >= 0.3 is 0 Å². The van der Waals surface area contributed by atoms with Crippen LogP contribution < -0.4 is 10.1 Å². The summed E-state index contributed by atoms with van der Waals surface area (Å²) in [4.78, 5) is 17.0. The van der Waals surface area contributed by atoms with E-state index in [4.69, 9.17) is 9.15 Å². The third-order valence-corrected chi connectivity index (χ3v) is 5.36. The number of halogens is 2. The van der Waals surface area contributed by atoms with Crippen LogP contribution in [0.5, 0.6) is 5.75 Å². The second kappa shape index (κ2) is 9.36. The lowest BCUT2D eigenvalue weighted by Crippen LogP contribution is -2.12. The molecule has 162 valence electrons. The van der Waals surface area contributed by atoms with Gasteiger partial charge in [-0.1, -0.05) is 33.6 Å². The number of hydrogen-bond acceptors (Lipinski definition) is 4. The minimum absolute atomic E-state index is 0.115. The molecular formula is C25H20BrFN2O3. The van der Waals surface area contributed by atoms with Crippen molar-refractivity contribution in [1.82, 2.24) is 4.98 Å². The molecule has 5 nitrogen and oxygen atoms in total.